The normalized spacial score (nSPS) is 39.9. The highest BCUT2D eigenvalue weighted by Crippen LogP contribution is 2.47. The van der Waals surface area contributed by atoms with E-state index in [1.54, 1.807) is 0 Å². The average Bonchev–Trinajstić information content (AvgIpc) is 2.52. The minimum absolute atomic E-state index is 0.615. The molecule has 122 valence electrons. The Balaban J connectivity index is 1.58. The number of fused-ring (bicyclic) bond motifs is 2. The Bertz CT molecular complexity index is 313. The Labute approximate surface area is 131 Å². The molecule has 3 aliphatic rings. The van der Waals surface area contributed by atoms with Gasteiger partial charge in [0.15, 0.2) is 0 Å². The molecule has 21 heavy (non-hydrogen) atoms. The van der Waals surface area contributed by atoms with E-state index in [2.05, 4.69) is 18.7 Å². The number of hydrogen-bond acceptors (Lipinski definition) is 2. The highest BCUT2D eigenvalue weighted by atomic mass is 16.5. The zero-order chi connectivity index (χ0) is 14.7. The Morgan fingerprint density at radius 3 is 2.43 bits per heavy atom. The van der Waals surface area contributed by atoms with Crippen LogP contribution in [0.4, 0.5) is 0 Å². The van der Waals surface area contributed by atoms with Crippen LogP contribution in [0.1, 0.15) is 71.6 Å². The third-order valence-corrected chi connectivity index (χ3v) is 6.37. The molecule has 0 spiro atoms. The van der Waals surface area contributed by atoms with Gasteiger partial charge in [-0.05, 0) is 88.6 Å². The van der Waals surface area contributed by atoms with Gasteiger partial charge in [0, 0.05) is 12.6 Å². The Morgan fingerprint density at radius 2 is 1.67 bits per heavy atom. The van der Waals surface area contributed by atoms with E-state index in [-0.39, 0.29) is 0 Å². The Kier molecular flexibility index (Phi) is 5.61. The van der Waals surface area contributed by atoms with Gasteiger partial charge in [-0.2, -0.15) is 0 Å². The maximum atomic E-state index is 6.11. The van der Waals surface area contributed by atoms with Gasteiger partial charge >= 0.3 is 0 Å². The van der Waals surface area contributed by atoms with Crippen LogP contribution in [0.2, 0.25) is 0 Å². The van der Waals surface area contributed by atoms with Crippen LogP contribution in [0, 0.1) is 17.8 Å². The summed E-state index contributed by atoms with van der Waals surface area (Å²) in [6, 6.07) is 0.867. The maximum Gasteiger partial charge on any atom is 0.0606 e. The van der Waals surface area contributed by atoms with E-state index in [9.17, 15) is 0 Å². The third kappa shape index (κ3) is 3.64. The molecule has 0 amide bonds. The standard InChI is InChI=1S/C19H35NO/c1-3-9-20(10-4-2)18-8-7-15-12-16-6-5-11-21-19(16)14-17(15)13-18/h15-19H,3-14H2,1-2H3. The molecule has 0 bridgehead atoms. The number of hydrogen-bond donors (Lipinski definition) is 0. The van der Waals surface area contributed by atoms with Gasteiger partial charge in [-0.15, -0.1) is 0 Å². The molecule has 0 radical (unpaired) electrons. The number of nitrogens with zero attached hydrogens (tertiary/aromatic N) is 1. The molecule has 2 nitrogen and oxygen atoms in total. The molecule has 3 fully saturated rings. The van der Waals surface area contributed by atoms with Crippen molar-refractivity contribution in [2.75, 3.05) is 19.7 Å². The SMILES string of the molecule is CCCN(CCC)C1CCC2CC3CCCOC3CC2C1. The van der Waals surface area contributed by atoms with Crippen molar-refractivity contribution in [2.24, 2.45) is 17.8 Å². The van der Waals surface area contributed by atoms with E-state index >= 15 is 0 Å². The van der Waals surface area contributed by atoms with Crippen LogP contribution in [0.15, 0.2) is 0 Å². The van der Waals surface area contributed by atoms with Gasteiger partial charge in [0.1, 0.15) is 0 Å². The summed E-state index contributed by atoms with van der Waals surface area (Å²) in [4.78, 5) is 2.80. The predicted octanol–water partition coefficient (Wildman–Crippen LogP) is 4.48. The quantitative estimate of drug-likeness (QED) is 0.741. The lowest BCUT2D eigenvalue weighted by atomic mass is 9.64. The summed E-state index contributed by atoms with van der Waals surface area (Å²) in [5.41, 5.74) is 0. The van der Waals surface area contributed by atoms with Gasteiger partial charge in [-0.25, -0.2) is 0 Å². The van der Waals surface area contributed by atoms with Crippen molar-refractivity contribution in [1.82, 2.24) is 4.90 Å². The van der Waals surface area contributed by atoms with Crippen molar-refractivity contribution in [2.45, 2.75) is 83.8 Å². The zero-order valence-corrected chi connectivity index (χ0v) is 14.2. The summed E-state index contributed by atoms with van der Waals surface area (Å²) in [7, 11) is 0. The van der Waals surface area contributed by atoms with Gasteiger partial charge in [-0.1, -0.05) is 13.8 Å². The molecule has 0 aromatic heterocycles. The number of rotatable bonds is 5. The van der Waals surface area contributed by atoms with Crippen molar-refractivity contribution in [1.29, 1.82) is 0 Å². The van der Waals surface area contributed by atoms with Crippen molar-refractivity contribution >= 4 is 0 Å². The molecule has 5 atom stereocenters. The lowest BCUT2D eigenvalue weighted by Crippen LogP contribution is -2.47. The van der Waals surface area contributed by atoms with E-state index in [0.29, 0.717) is 6.10 Å². The zero-order valence-electron chi connectivity index (χ0n) is 14.2. The highest BCUT2D eigenvalue weighted by molar-refractivity contribution is 4.93. The largest absolute Gasteiger partial charge is 0.378 e. The fourth-order valence-corrected chi connectivity index (χ4v) is 5.40. The first kappa shape index (κ1) is 15.8. The minimum Gasteiger partial charge on any atom is -0.378 e. The van der Waals surface area contributed by atoms with E-state index in [4.69, 9.17) is 4.74 Å². The second-order valence-corrected chi connectivity index (χ2v) is 7.81. The van der Waals surface area contributed by atoms with Crippen LogP contribution in [0.3, 0.4) is 0 Å². The summed E-state index contributed by atoms with van der Waals surface area (Å²) < 4.78 is 6.11. The van der Waals surface area contributed by atoms with Crippen LogP contribution in [0.5, 0.6) is 0 Å². The van der Waals surface area contributed by atoms with Crippen molar-refractivity contribution in [3.63, 3.8) is 0 Å². The van der Waals surface area contributed by atoms with Crippen LogP contribution in [0.25, 0.3) is 0 Å². The lowest BCUT2D eigenvalue weighted by Gasteiger charge is -2.49. The van der Waals surface area contributed by atoms with Crippen molar-refractivity contribution in [3.05, 3.63) is 0 Å². The Hall–Kier alpha value is -0.0800. The minimum atomic E-state index is 0.615. The monoisotopic (exact) mass is 293 g/mol. The fourth-order valence-electron chi connectivity index (χ4n) is 5.40. The smallest absolute Gasteiger partial charge is 0.0606 e. The summed E-state index contributed by atoms with van der Waals surface area (Å²) >= 11 is 0. The van der Waals surface area contributed by atoms with Gasteiger partial charge < -0.3 is 9.64 Å². The van der Waals surface area contributed by atoms with E-state index < -0.39 is 0 Å². The third-order valence-electron chi connectivity index (χ3n) is 6.37. The van der Waals surface area contributed by atoms with Gasteiger partial charge in [-0.3, -0.25) is 0 Å². The Morgan fingerprint density at radius 1 is 0.857 bits per heavy atom. The first-order valence-electron chi connectivity index (χ1n) is 9.67. The highest BCUT2D eigenvalue weighted by Gasteiger charge is 2.42. The molecule has 0 aromatic carbocycles. The van der Waals surface area contributed by atoms with Crippen LogP contribution >= 0.6 is 0 Å². The first-order valence-corrected chi connectivity index (χ1v) is 9.67. The van der Waals surface area contributed by atoms with E-state index in [1.807, 2.05) is 0 Å². The van der Waals surface area contributed by atoms with Gasteiger partial charge in [0.25, 0.3) is 0 Å². The second-order valence-electron chi connectivity index (χ2n) is 7.81. The topological polar surface area (TPSA) is 12.5 Å². The molecule has 2 aliphatic carbocycles. The summed E-state index contributed by atoms with van der Waals surface area (Å²) in [5.74, 6) is 2.88. The molecular weight excluding hydrogens is 258 g/mol. The van der Waals surface area contributed by atoms with Crippen molar-refractivity contribution < 1.29 is 4.74 Å². The molecule has 2 saturated carbocycles. The molecule has 1 heterocycles. The van der Waals surface area contributed by atoms with Crippen LogP contribution in [-0.2, 0) is 4.74 Å². The average molecular weight is 293 g/mol. The van der Waals surface area contributed by atoms with E-state index in [0.717, 1.165) is 30.4 Å². The molecule has 0 N–H and O–H groups in total. The van der Waals surface area contributed by atoms with Crippen LogP contribution < -0.4 is 0 Å². The molecule has 0 aromatic rings. The van der Waals surface area contributed by atoms with E-state index in [1.165, 1.54) is 70.9 Å². The molecule has 1 aliphatic heterocycles. The predicted molar refractivity (Wildman–Crippen MR) is 88.5 cm³/mol. The summed E-state index contributed by atoms with van der Waals surface area (Å²) in [5, 5.41) is 0. The molecule has 1 saturated heterocycles. The molecule has 5 unspecified atom stereocenters. The molecular formula is C19H35NO. The summed E-state index contributed by atoms with van der Waals surface area (Å²) in [6.07, 6.45) is 13.2. The van der Waals surface area contributed by atoms with Gasteiger partial charge in [0.2, 0.25) is 0 Å². The van der Waals surface area contributed by atoms with Crippen LogP contribution in [-0.4, -0.2) is 36.7 Å². The number of ether oxygens (including phenoxy) is 1. The summed E-state index contributed by atoms with van der Waals surface area (Å²) in [6.45, 7) is 8.29. The molecule has 2 heteroatoms. The first-order chi connectivity index (χ1) is 10.3. The van der Waals surface area contributed by atoms with Crippen molar-refractivity contribution in [3.8, 4) is 0 Å². The second kappa shape index (κ2) is 7.46. The van der Waals surface area contributed by atoms with Gasteiger partial charge in [0.05, 0.1) is 6.10 Å². The molecule has 3 rings (SSSR count). The maximum absolute atomic E-state index is 6.11. The fraction of sp³-hybridized carbons (Fsp3) is 1.00. The lowest BCUT2D eigenvalue weighted by molar-refractivity contribution is -0.0887.